The number of anilines is 1. The summed E-state index contributed by atoms with van der Waals surface area (Å²) in [6.45, 7) is -0.274. The van der Waals surface area contributed by atoms with Crippen molar-refractivity contribution >= 4 is 17.5 Å². The first kappa shape index (κ1) is 19.2. The molecule has 1 aromatic carbocycles. The summed E-state index contributed by atoms with van der Waals surface area (Å²) in [7, 11) is 1.39. The molecule has 2 amide bonds. The second kappa shape index (κ2) is 7.84. The molecule has 1 aliphatic carbocycles. The standard InChI is InChI=1S/C17H20F4N2O2/c1-23(10-15(24)22-14-7-5-13(18)6-8-14)16(25)11-3-2-4-12(9-11)17(19,20)21/h5-8,11-12H,2-4,9-10H2,1H3,(H,22,24)/t11-,12+/m0/s1. The highest BCUT2D eigenvalue weighted by Crippen LogP contribution is 2.40. The Morgan fingerprint density at radius 2 is 1.84 bits per heavy atom. The van der Waals surface area contributed by atoms with E-state index in [4.69, 9.17) is 0 Å². The minimum atomic E-state index is -4.29. The van der Waals surface area contributed by atoms with E-state index in [2.05, 4.69) is 5.32 Å². The molecule has 1 saturated carbocycles. The van der Waals surface area contributed by atoms with Gasteiger partial charge in [0.15, 0.2) is 0 Å². The molecule has 4 nitrogen and oxygen atoms in total. The molecule has 0 heterocycles. The van der Waals surface area contributed by atoms with Gasteiger partial charge in [-0.3, -0.25) is 9.59 Å². The Hall–Kier alpha value is -2.12. The van der Waals surface area contributed by atoms with Gasteiger partial charge >= 0.3 is 6.18 Å². The summed E-state index contributed by atoms with van der Waals surface area (Å²) in [5.41, 5.74) is 0.377. The zero-order valence-electron chi connectivity index (χ0n) is 13.8. The van der Waals surface area contributed by atoms with Crippen LogP contribution in [0.2, 0.25) is 0 Å². The lowest BCUT2D eigenvalue weighted by atomic mass is 9.80. The van der Waals surface area contributed by atoms with Crippen LogP contribution in [0.25, 0.3) is 0 Å². The van der Waals surface area contributed by atoms with Gasteiger partial charge in [0.25, 0.3) is 0 Å². The number of nitrogens with one attached hydrogen (secondary N) is 1. The van der Waals surface area contributed by atoms with Crippen LogP contribution in [0, 0.1) is 17.7 Å². The predicted molar refractivity (Wildman–Crippen MR) is 84.2 cm³/mol. The van der Waals surface area contributed by atoms with Crippen molar-refractivity contribution in [1.29, 1.82) is 0 Å². The van der Waals surface area contributed by atoms with E-state index in [1.54, 1.807) is 0 Å². The molecule has 1 aliphatic rings. The maximum absolute atomic E-state index is 12.8. The van der Waals surface area contributed by atoms with Crippen molar-refractivity contribution in [3.05, 3.63) is 30.1 Å². The van der Waals surface area contributed by atoms with Crippen LogP contribution in [0.1, 0.15) is 25.7 Å². The van der Waals surface area contributed by atoms with Crippen LogP contribution in [-0.2, 0) is 9.59 Å². The summed E-state index contributed by atoms with van der Waals surface area (Å²) >= 11 is 0. The van der Waals surface area contributed by atoms with Crippen LogP contribution >= 0.6 is 0 Å². The van der Waals surface area contributed by atoms with Gasteiger partial charge in [-0.1, -0.05) is 6.42 Å². The lowest BCUT2D eigenvalue weighted by Gasteiger charge is -2.32. The van der Waals surface area contributed by atoms with E-state index in [-0.39, 0.29) is 19.4 Å². The highest BCUT2D eigenvalue weighted by atomic mass is 19.4. The predicted octanol–water partition coefficient (Wildman–Crippen LogP) is 3.59. The zero-order chi connectivity index (χ0) is 18.6. The molecule has 0 aliphatic heterocycles. The second-order valence-electron chi connectivity index (χ2n) is 6.35. The summed E-state index contributed by atoms with van der Waals surface area (Å²) in [5.74, 6) is -3.57. The fourth-order valence-corrected chi connectivity index (χ4v) is 3.05. The van der Waals surface area contributed by atoms with Crippen LogP contribution in [0.15, 0.2) is 24.3 Å². The normalized spacial score (nSPS) is 20.8. The first-order valence-electron chi connectivity index (χ1n) is 8.04. The molecule has 0 bridgehead atoms. The SMILES string of the molecule is CN(CC(=O)Nc1ccc(F)cc1)C(=O)[C@H]1CCC[C@@H](C(F)(F)F)C1. The highest BCUT2D eigenvalue weighted by Gasteiger charge is 2.44. The van der Waals surface area contributed by atoms with E-state index in [0.29, 0.717) is 18.5 Å². The number of likely N-dealkylation sites (N-methyl/N-ethyl adjacent to an activating group) is 1. The maximum Gasteiger partial charge on any atom is 0.391 e. The Morgan fingerprint density at radius 3 is 2.44 bits per heavy atom. The Balaban J connectivity index is 1.88. The van der Waals surface area contributed by atoms with Crippen molar-refractivity contribution in [3.63, 3.8) is 0 Å². The van der Waals surface area contributed by atoms with Crippen LogP contribution in [-0.4, -0.2) is 36.5 Å². The number of halogens is 4. The average molecular weight is 360 g/mol. The van der Waals surface area contributed by atoms with Crippen molar-refractivity contribution in [2.45, 2.75) is 31.9 Å². The Labute approximate surface area is 143 Å². The van der Waals surface area contributed by atoms with E-state index < -0.39 is 35.6 Å². The molecule has 8 heteroatoms. The first-order chi connectivity index (χ1) is 11.7. The number of rotatable bonds is 4. The van der Waals surface area contributed by atoms with Gasteiger partial charge in [-0.15, -0.1) is 0 Å². The quantitative estimate of drug-likeness (QED) is 0.835. The molecule has 0 spiro atoms. The maximum atomic E-state index is 12.8. The number of alkyl halides is 3. The molecule has 2 atom stereocenters. The zero-order valence-corrected chi connectivity index (χ0v) is 13.8. The van der Waals surface area contributed by atoms with Crippen LogP contribution in [0.5, 0.6) is 0 Å². The molecule has 1 N–H and O–H groups in total. The third-order valence-electron chi connectivity index (χ3n) is 4.37. The third-order valence-corrected chi connectivity index (χ3v) is 4.37. The van der Waals surface area contributed by atoms with Gasteiger partial charge < -0.3 is 10.2 Å². The topological polar surface area (TPSA) is 49.4 Å². The first-order valence-corrected chi connectivity index (χ1v) is 8.04. The Morgan fingerprint density at radius 1 is 1.20 bits per heavy atom. The molecule has 138 valence electrons. The van der Waals surface area contributed by atoms with E-state index >= 15 is 0 Å². The number of benzene rings is 1. The number of hydrogen-bond donors (Lipinski definition) is 1. The van der Waals surface area contributed by atoms with E-state index in [0.717, 1.165) is 4.90 Å². The average Bonchev–Trinajstić information content (AvgIpc) is 2.55. The Kier molecular flexibility index (Phi) is 6.02. The van der Waals surface area contributed by atoms with E-state index in [9.17, 15) is 27.2 Å². The molecular formula is C17H20F4N2O2. The summed E-state index contributed by atoms with van der Waals surface area (Å²) in [5, 5.41) is 2.51. The van der Waals surface area contributed by atoms with Crippen molar-refractivity contribution in [2.24, 2.45) is 11.8 Å². The monoisotopic (exact) mass is 360 g/mol. The molecular weight excluding hydrogens is 340 g/mol. The number of carbonyl (C=O) groups is 2. The second-order valence-corrected chi connectivity index (χ2v) is 6.35. The van der Waals surface area contributed by atoms with Crippen LogP contribution < -0.4 is 5.32 Å². The molecule has 0 unspecified atom stereocenters. The molecule has 1 aromatic rings. The molecule has 0 radical (unpaired) electrons. The van der Waals surface area contributed by atoms with Gasteiger partial charge in [-0.2, -0.15) is 13.2 Å². The van der Waals surface area contributed by atoms with Gasteiger partial charge in [0.2, 0.25) is 11.8 Å². The molecule has 25 heavy (non-hydrogen) atoms. The number of carbonyl (C=O) groups excluding carboxylic acids is 2. The van der Waals surface area contributed by atoms with E-state index in [1.807, 2.05) is 0 Å². The van der Waals surface area contributed by atoms with Gasteiger partial charge in [0.05, 0.1) is 12.5 Å². The van der Waals surface area contributed by atoms with Crippen molar-refractivity contribution in [1.82, 2.24) is 4.90 Å². The fraction of sp³-hybridized carbons (Fsp3) is 0.529. The molecule has 1 fully saturated rings. The Bertz CT molecular complexity index is 616. The third kappa shape index (κ3) is 5.44. The number of hydrogen-bond acceptors (Lipinski definition) is 2. The molecule has 0 aromatic heterocycles. The lowest BCUT2D eigenvalue weighted by Crippen LogP contribution is -2.41. The van der Waals surface area contributed by atoms with Crippen LogP contribution in [0.3, 0.4) is 0 Å². The summed E-state index contributed by atoms with van der Waals surface area (Å²) in [6, 6.07) is 5.13. The number of amides is 2. The smallest absolute Gasteiger partial charge is 0.336 e. The lowest BCUT2D eigenvalue weighted by molar-refractivity contribution is -0.187. The van der Waals surface area contributed by atoms with Gasteiger partial charge in [0.1, 0.15) is 5.82 Å². The van der Waals surface area contributed by atoms with Crippen molar-refractivity contribution < 1.29 is 27.2 Å². The van der Waals surface area contributed by atoms with Crippen LogP contribution in [0.4, 0.5) is 23.2 Å². The summed E-state index contributed by atoms with van der Waals surface area (Å²) < 4.78 is 51.3. The van der Waals surface area contributed by atoms with E-state index in [1.165, 1.54) is 31.3 Å². The summed E-state index contributed by atoms with van der Waals surface area (Å²) in [6.07, 6.45) is -3.74. The van der Waals surface area contributed by atoms with Crippen molar-refractivity contribution in [3.8, 4) is 0 Å². The molecule has 0 saturated heterocycles. The van der Waals surface area contributed by atoms with Gasteiger partial charge in [0, 0.05) is 18.7 Å². The fourth-order valence-electron chi connectivity index (χ4n) is 3.05. The number of nitrogens with zero attached hydrogens (tertiary/aromatic N) is 1. The van der Waals surface area contributed by atoms with Gasteiger partial charge in [-0.25, -0.2) is 4.39 Å². The largest absolute Gasteiger partial charge is 0.391 e. The molecule has 2 rings (SSSR count). The van der Waals surface area contributed by atoms with Crippen molar-refractivity contribution in [2.75, 3.05) is 18.9 Å². The summed E-state index contributed by atoms with van der Waals surface area (Å²) in [4.78, 5) is 25.4. The highest BCUT2D eigenvalue weighted by molar-refractivity contribution is 5.94. The minimum Gasteiger partial charge on any atom is -0.336 e. The minimum absolute atomic E-state index is 0.0437. The van der Waals surface area contributed by atoms with Gasteiger partial charge in [-0.05, 0) is 43.5 Å².